The van der Waals surface area contributed by atoms with E-state index in [2.05, 4.69) is 94.0 Å². The number of fused-ring (bicyclic) bond motifs is 1. The molecular formula is C25H22IN3O2. The fraction of sp³-hybridized carbons (Fsp3) is 0.120. The summed E-state index contributed by atoms with van der Waals surface area (Å²) in [5.74, 6) is 0.379. The SMILES string of the molecule is COc1cc(C(=O)N/N=C\c2cc(C)n(-c3cccc4ccccc34)c2C)ccc1I. The zero-order chi connectivity index (χ0) is 22.0. The number of carbonyl (C=O) groups is 1. The number of aromatic nitrogens is 1. The predicted molar refractivity (Wildman–Crippen MR) is 134 cm³/mol. The van der Waals surface area contributed by atoms with E-state index in [1.165, 1.54) is 10.8 Å². The summed E-state index contributed by atoms with van der Waals surface area (Å²) in [5.41, 5.74) is 7.34. The minimum absolute atomic E-state index is 0.284. The van der Waals surface area contributed by atoms with Gasteiger partial charge in [0.25, 0.3) is 5.91 Å². The summed E-state index contributed by atoms with van der Waals surface area (Å²) in [7, 11) is 1.59. The molecule has 1 heterocycles. The van der Waals surface area contributed by atoms with Gasteiger partial charge in [0.05, 0.1) is 22.6 Å². The molecule has 0 atom stereocenters. The number of ether oxygens (including phenoxy) is 1. The maximum Gasteiger partial charge on any atom is 0.271 e. The number of halogens is 1. The molecule has 0 fully saturated rings. The average Bonchev–Trinajstić information content (AvgIpc) is 3.06. The van der Waals surface area contributed by atoms with Gasteiger partial charge in [0.1, 0.15) is 5.75 Å². The molecule has 0 unspecified atom stereocenters. The van der Waals surface area contributed by atoms with Crippen molar-refractivity contribution in [3.8, 4) is 11.4 Å². The molecule has 1 amide bonds. The number of nitrogens with one attached hydrogen (secondary N) is 1. The first-order valence-corrected chi connectivity index (χ1v) is 10.9. The lowest BCUT2D eigenvalue weighted by atomic mass is 10.1. The second kappa shape index (κ2) is 8.93. The van der Waals surface area contributed by atoms with E-state index in [1.54, 1.807) is 25.5 Å². The highest BCUT2D eigenvalue weighted by Crippen LogP contribution is 2.27. The molecule has 1 aromatic heterocycles. The summed E-state index contributed by atoms with van der Waals surface area (Å²) >= 11 is 2.17. The van der Waals surface area contributed by atoms with Crippen LogP contribution in [0.4, 0.5) is 0 Å². The van der Waals surface area contributed by atoms with Crippen molar-refractivity contribution in [2.45, 2.75) is 13.8 Å². The van der Waals surface area contributed by atoms with Gasteiger partial charge in [0.2, 0.25) is 0 Å². The third kappa shape index (κ3) is 4.20. The minimum Gasteiger partial charge on any atom is -0.496 e. The van der Waals surface area contributed by atoms with Crippen molar-refractivity contribution in [1.82, 2.24) is 9.99 Å². The fourth-order valence-electron chi connectivity index (χ4n) is 3.72. The number of carbonyl (C=O) groups excluding carboxylic acids is 1. The van der Waals surface area contributed by atoms with Crippen LogP contribution in [-0.4, -0.2) is 23.8 Å². The van der Waals surface area contributed by atoms with E-state index in [0.717, 1.165) is 26.2 Å². The van der Waals surface area contributed by atoms with E-state index in [4.69, 9.17) is 4.74 Å². The monoisotopic (exact) mass is 523 g/mol. The van der Waals surface area contributed by atoms with Crippen molar-refractivity contribution in [3.63, 3.8) is 0 Å². The number of hydrogen-bond acceptors (Lipinski definition) is 3. The Morgan fingerprint density at radius 2 is 1.84 bits per heavy atom. The Morgan fingerprint density at radius 1 is 1.06 bits per heavy atom. The van der Waals surface area contributed by atoms with Crippen LogP contribution in [-0.2, 0) is 0 Å². The second-order valence-electron chi connectivity index (χ2n) is 7.21. The number of nitrogens with zero attached hydrogens (tertiary/aromatic N) is 2. The first kappa shape index (κ1) is 21.1. The number of benzene rings is 3. The average molecular weight is 523 g/mol. The Kier molecular flexibility index (Phi) is 6.08. The van der Waals surface area contributed by atoms with Crippen LogP contribution in [0.25, 0.3) is 16.5 Å². The molecule has 1 N–H and O–H groups in total. The van der Waals surface area contributed by atoms with Gasteiger partial charge in [0.15, 0.2) is 0 Å². The highest BCUT2D eigenvalue weighted by atomic mass is 127. The lowest BCUT2D eigenvalue weighted by Crippen LogP contribution is -2.17. The highest BCUT2D eigenvalue weighted by molar-refractivity contribution is 14.1. The van der Waals surface area contributed by atoms with E-state index in [9.17, 15) is 4.79 Å². The normalized spacial score (nSPS) is 11.2. The largest absolute Gasteiger partial charge is 0.496 e. The third-order valence-corrected chi connectivity index (χ3v) is 6.15. The van der Waals surface area contributed by atoms with Crippen molar-refractivity contribution < 1.29 is 9.53 Å². The van der Waals surface area contributed by atoms with E-state index >= 15 is 0 Å². The van der Waals surface area contributed by atoms with Gasteiger partial charge in [-0.15, -0.1) is 0 Å². The smallest absolute Gasteiger partial charge is 0.271 e. The molecule has 6 heteroatoms. The summed E-state index contributed by atoms with van der Waals surface area (Å²) in [6.07, 6.45) is 1.69. The van der Waals surface area contributed by atoms with Gasteiger partial charge in [0, 0.05) is 27.9 Å². The molecule has 0 saturated heterocycles. The summed E-state index contributed by atoms with van der Waals surface area (Å²) < 4.78 is 8.45. The lowest BCUT2D eigenvalue weighted by molar-refractivity contribution is 0.0954. The number of amides is 1. The standard InChI is InChI=1S/C25H22IN3O2/c1-16-13-20(15-27-28-25(30)19-11-12-22(26)24(14-19)31-3)17(2)29(16)23-10-6-8-18-7-4-5-9-21(18)23/h4-15H,1-3H3,(H,28,30)/b27-15-. The number of methoxy groups -OCH3 is 1. The lowest BCUT2D eigenvalue weighted by Gasteiger charge is -2.13. The molecule has 0 spiro atoms. The van der Waals surface area contributed by atoms with E-state index in [0.29, 0.717) is 11.3 Å². The maximum atomic E-state index is 12.5. The van der Waals surface area contributed by atoms with Crippen LogP contribution in [0.3, 0.4) is 0 Å². The van der Waals surface area contributed by atoms with Crippen LogP contribution >= 0.6 is 22.6 Å². The van der Waals surface area contributed by atoms with Crippen molar-refractivity contribution in [3.05, 3.63) is 92.8 Å². The topological polar surface area (TPSA) is 55.6 Å². The molecule has 5 nitrogen and oxygen atoms in total. The van der Waals surface area contributed by atoms with Gasteiger partial charge < -0.3 is 9.30 Å². The first-order valence-electron chi connectivity index (χ1n) is 9.83. The zero-order valence-electron chi connectivity index (χ0n) is 17.5. The summed E-state index contributed by atoms with van der Waals surface area (Å²) in [4.78, 5) is 12.5. The molecule has 0 saturated carbocycles. The Labute approximate surface area is 194 Å². The molecule has 0 aliphatic carbocycles. The zero-order valence-corrected chi connectivity index (χ0v) is 19.7. The number of hydrazone groups is 1. The van der Waals surface area contributed by atoms with E-state index < -0.39 is 0 Å². The van der Waals surface area contributed by atoms with Crippen LogP contribution in [0, 0.1) is 17.4 Å². The highest BCUT2D eigenvalue weighted by Gasteiger charge is 2.12. The maximum absolute atomic E-state index is 12.5. The van der Waals surface area contributed by atoms with Gasteiger partial charge >= 0.3 is 0 Å². The Morgan fingerprint density at radius 3 is 2.65 bits per heavy atom. The van der Waals surface area contributed by atoms with Gasteiger partial charge in [-0.25, -0.2) is 5.43 Å². The molecule has 0 bridgehead atoms. The molecule has 3 aromatic carbocycles. The molecule has 4 rings (SSSR count). The Balaban J connectivity index is 1.59. The summed E-state index contributed by atoms with van der Waals surface area (Å²) in [5, 5.41) is 6.57. The van der Waals surface area contributed by atoms with Crippen LogP contribution in [0.5, 0.6) is 5.75 Å². The number of hydrogen-bond donors (Lipinski definition) is 1. The quantitative estimate of drug-likeness (QED) is 0.210. The van der Waals surface area contributed by atoms with Gasteiger partial charge in [-0.05, 0) is 72.2 Å². The van der Waals surface area contributed by atoms with Gasteiger partial charge in [-0.3, -0.25) is 4.79 Å². The van der Waals surface area contributed by atoms with Crippen molar-refractivity contribution in [1.29, 1.82) is 0 Å². The minimum atomic E-state index is -0.284. The van der Waals surface area contributed by atoms with Gasteiger partial charge in [-0.1, -0.05) is 36.4 Å². The fourth-order valence-corrected chi connectivity index (χ4v) is 4.27. The van der Waals surface area contributed by atoms with E-state index in [1.807, 2.05) is 12.1 Å². The first-order chi connectivity index (χ1) is 15.0. The molecule has 0 aliphatic heterocycles. The molecule has 31 heavy (non-hydrogen) atoms. The molecular weight excluding hydrogens is 501 g/mol. The number of rotatable bonds is 5. The van der Waals surface area contributed by atoms with Crippen molar-refractivity contribution in [2.24, 2.45) is 5.10 Å². The van der Waals surface area contributed by atoms with Crippen molar-refractivity contribution >= 4 is 45.5 Å². The Bertz CT molecular complexity index is 1300. The second-order valence-corrected chi connectivity index (χ2v) is 8.37. The van der Waals surface area contributed by atoms with Crippen LogP contribution in [0.1, 0.15) is 27.3 Å². The molecule has 0 radical (unpaired) electrons. The molecule has 156 valence electrons. The summed E-state index contributed by atoms with van der Waals surface area (Å²) in [6, 6.07) is 22.0. The third-order valence-electron chi connectivity index (χ3n) is 5.26. The Hall–Kier alpha value is -3.13. The summed E-state index contributed by atoms with van der Waals surface area (Å²) in [6.45, 7) is 4.13. The van der Waals surface area contributed by atoms with Crippen LogP contribution < -0.4 is 10.2 Å². The molecule has 0 aliphatic rings. The van der Waals surface area contributed by atoms with Crippen molar-refractivity contribution in [2.75, 3.05) is 7.11 Å². The van der Waals surface area contributed by atoms with Crippen LogP contribution in [0.15, 0.2) is 71.8 Å². The molecule has 4 aromatic rings. The van der Waals surface area contributed by atoms with E-state index in [-0.39, 0.29) is 5.91 Å². The number of aryl methyl sites for hydroxylation is 1. The predicted octanol–water partition coefficient (Wildman–Crippen LogP) is 5.62. The van der Waals surface area contributed by atoms with Crippen LogP contribution in [0.2, 0.25) is 0 Å². The van der Waals surface area contributed by atoms with Gasteiger partial charge in [-0.2, -0.15) is 5.10 Å².